The monoisotopic (exact) mass is 437 g/mol. The van der Waals surface area contributed by atoms with Gasteiger partial charge in [-0.15, -0.1) is 11.3 Å². The van der Waals surface area contributed by atoms with E-state index in [9.17, 15) is 13.2 Å². The number of aromatic nitrogens is 1. The minimum absolute atomic E-state index is 0.115. The van der Waals surface area contributed by atoms with Gasteiger partial charge in [0.25, 0.3) is 5.91 Å². The lowest BCUT2D eigenvalue weighted by Gasteiger charge is -2.35. The molecule has 3 rings (SSSR count). The number of hydrogen-bond acceptors (Lipinski definition) is 7. The topological polar surface area (TPSA) is 79.8 Å². The highest BCUT2D eigenvalue weighted by Gasteiger charge is 2.27. The Morgan fingerprint density at radius 1 is 1.17 bits per heavy atom. The van der Waals surface area contributed by atoms with Crippen LogP contribution in [0, 0.1) is 13.8 Å². The average molecular weight is 438 g/mol. The van der Waals surface area contributed by atoms with Crippen molar-refractivity contribution < 1.29 is 17.9 Å². The van der Waals surface area contributed by atoms with Gasteiger partial charge in [0.15, 0.2) is 15.0 Å². The van der Waals surface area contributed by atoms with E-state index < -0.39 is 9.84 Å². The van der Waals surface area contributed by atoms with Crippen molar-refractivity contribution in [3.8, 4) is 5.75 Å². The molecule has 1 aromatic carbocycles. The second kappa shape index (κ2) is 8.31. The van der Waals surface area contributed by atoms with E-state index >= 15 is 0 Å². The van der Waals surface area contributed by atoms with Crippen molar-refractivity contribution in [3.05, 3.63) is 34.3 Å². The zero-order valence-electron chi connectivity index (χ0n) is 17.4. The lowest BCUT2D eigenvalue weighted by molar-refractivity contribution is 0.0740. The quantitative estimate of drug-likeness (QED) is 0.716. The molecule has 1 aliphatic heterocycles. The third-order valence-electron chi connectivity index (χ3n) is 4.83. The summed E-state index contributed by atoms with van der Waals surface area (Å²) in [6.07, 6.45) is 1.01. The SMILES string of the molecule is Cc1nc(N2CCN(C(=O)c3cc(S(C)(=O)=O)ccc3OC(C)C)CC2)sc1C. The van der Waals surface area contributed by atoms with Crippen molar-refractivity contribution in [2.45, 2.75) is 38.7 Å². The number of nitrogens with zero attached hydrogens (tertiary/aromatic N) is 3. The van der Waals surface area contributed by atoms with Gasteiger partial charge >= 0.3 is 0 Å². The second-order valence-electron chi connectivity index (χ2n) is 7.51. The molecule has 0 aliphatic carbocycles. The fourth-order valence-corrected chi connectivity index (χ4v) is 4.73. The van der Waals surface area contributed by atoms with E-state index in [1.807, 2.05) is 20.8 Å². The first kappa shape index (κ1) is 21.6. The zero-order chi connectivity index (χ0) is 21.3. The Labute approximate surface area is 176 Å². The molecule has 7 nitrogen and oxygen atoms in total. The highest BCUT2D eigenvalue weighted by atomic mass is 32.2. The van der Waals surface area contributed by atoms with Crippen LogP contribution in [0.5, 0.6) is 5.75 Å². The number of carbonyl (C=O) groups is 1. The molecule has 2 heterocycles. The number of amides is 1. The number of piperazine rings is 1. The average Bonchev–Trinajstić information content (AvgIpc) is 2.99. The maximum atomic E-state index is 13.2. The second-order valence-corrected chi connectivity index (χ2v) is 10.7. The predicted octanol–water partition coefficient (Wildman–Crippen LogP) is 2.91. The Balaban J connectivity index is 1.80. The minimum atomic E-state index is -3.42. The summed E-state index contributed by atoms with van der Waals surface area (Å²) in [7, 11) is -3.42. The Morgan fingerprint density at radius 3 is 2.34 bits per heavy atom. The van der Waals surface area contributed by atoms with Gasteiger partial charge in [-0.25, -0.2) is 13.4 Å². The molecule has 0 radical (unpaired) electrons. The Hall–Kier alpha value is -2.13. The van der Waals surface area contributed by atoms with Crippen LogP contribution in [-0.4, -0.2) is 62.7 Å². The van der Waals surface area contributed by atoms with E-state index in [-0.39, 0.29) is 22.5 Å². The van der Waals surface area contributed by atoms with Crippen molar-refractivity contribution in [3.63, 3.8) is 0 Å². The van der Waals surface area contributed by atoms with Crippen LogP contribution in [0.2, 0.25) is 0 Å². The number of benzene rings is 1. The van der Waals surface area contributed by atoms with Gasteiger partial charge in [-0.2, -0.15) is 0 Å². The first-order valence-electron chi connectivity index (χ1n) is 9.55. The fourth-order valence-electron chi connectivity index (χ4n) is 3.13. The number of hydrogen-bond donors (Lipinski definition) is 0. The highest BCUT2D eigenvalue weighted by molar-refractivity contribution is 7.90. The molecule has 158 valence electrons. The van der Waals surface area contributed by atoms with Crippen molar-refractivity contribution in [2.75, 3.05) is 37.3 Å². The van der Waals surface area contributed by atoms with Crippen LogP contribution >= 0.6 is 11.3 Å². The molecule has 0 spiro atoms. The molecule has 1 fully saturated rings. The van der Waals surface area contributed by atoms with Crippen LogP contribution in [0.15, 0.2) is 23.1 Å². The van der Waals surface area contributed by atoms with E-state index in [1.165, 1.54) is 17.0 Å². The normalized spacial score (nSPS) is 15.1. The predicted molar refractivity (Wildman–Crippen MR) is 115 cm³/mol. The summed E-state index contributed by atoms with van der Waals surface area (Å²) in [4.78, 5) is 23.1. The molecule has 9 heteroatoms. The first-order chi connectivity index (χ1) is 13.6. The minimum Gasteiger partial charge on any atom is -0.490 e. The molecule has 0 N–H and O–H groups in total. The standard InChI is InChI=1S/C20H27N3O4S2/c1-13(2)27-18-7-6-16(29(5,25)26)12-17(18)19(24)22-8-10-23(11-9-22)20-21-14(3)15(4)28-20/h6-7,12-13H,8-11H2,1-5H3. The highest BCUT2D eigenvalue weighted by Crippen LogP contribution is 2.28. The van der Waals surface area contributed by atoms with Crippen LogP contribution in [0.1, 0.15) is 34.8 Å². The summed E-state index contributed by atoms with van der Waals surface area (Å²) < 4.78 is 29.7. The lowest BCUT2D eigenvalue weighted by atomic mass is 10.1. The molecule has 1 aliphatic rings. The molecule has 2 aromatic rings. The third kappa shape index (κ3) is 4.90. The van der Waals surface area contributed by atoms with Crippen LogP contribution in [-0.2, 0) is 9.84 Å². The molecule has 1 amide bonds. The number of rotatable bonds is 5. The summed E-state index contributed by atoms with van der Waals surface area (Å²) in [6.45, 7) is 10.3. The number of thiazole rings is 1. The molecular weight excluding hydrogens is 410 g/mol. The van der Waals surface area contributed by atoms with Crippen LogP contribution in [0.3, 0.4) is 0 Å². The van der Waals surface area contributed by atoms with E-state index in [4.69, 9.17) is 4.74 Å². The first-order valence-corrected chi connectivity index (χ1v) is 12.3. The summed E-state index contributed by atoms with van der Waals surface area (Å²) in [5.41, 5.74) is 1.33. The van der Waals surface area contributed by atoms with Gasteiger partial charge in [0, 0.05) is 37.3 Å². The van der Waals surface area contributed by atoms with Gasteiger partial charge in [-0.05, 0) is 45.9 Å². The molecule has 0 unspecified atom stereocenters. The fraction of sp³-hybridized carbons (Fsp3) is 0.500. The summed E-state index contributed by atoms with van der Waals surface area (Å²) in [6, 6.07) is 4.48. The Kier molecular flexibility index (Phi) is 6.19. The molecule has 1 saturated heterocycles. The maximum absolute atomic E-state index is 13.2. The lowest BCUT2D eigenvalue weighted by Crippen LogP contribution is -2.48. The molecule has 0 bridgehead atoms. The van der Waals surface area contributed by atoms with E-state index in [0.717, 1.165) is 17.1 Å². The number of carbonyl (C=O) groups excluding carboxylic acids is 1. The summed E-state index contributed by atoms with van der Waals surface area (Å²) in [5, 5.41) is 0.981. The molecule has 1 aromatic heterocycles. The van der Waals surface area contributed by atoms with E-state index in [0.29, 0.717) is 31.9 Å². The molecule has 29 heavy (non-hydrogen) atoms. The van der Waals surface area contributed by atoms with Gasteiger partial charge in [-0.1, -0.05) is 0 Å². The summed E-state index contributed by atoms with van der Waals surface area (Å²) >= 11 is 1.67. The van der Waals surface area contributed by atoms with Gasteiger partial charge in [0.05, 0.1) is 22.3 Å². The van der Waals surface area contributed by atoms with Crippen molar-refractivity contribution in [2.24, 2.45) is 0 Å². The summed E-state index contributed by atoms with van der Waals surface area (Å²) in [5.74, 6) is 0.198. The number of ether oxygens (including phenoxy) is 1. The molecule has 0 atom stereocenters. The Morgan fingerprint density at radius 2 is 1.83 bits per heavy atom. The van der Waals surface area contributed by atoms with Crippen molar-refractivity contribution in [1.82, 2.24) is 9.88 Å². The maximum Gasteiger partial charge on any atom is 0.257 e. The van der Waals surface area contributed by atoms with E-state index in [1.54, 1.807) is 22.3 Å². The van der Waals surface area contributed by atoms with Gasteiger partial charge < -0.3 is 14.5 Å². The smallest absolute Gasteiger partial charge is 0.257 e. The van der Waals surface area contributed by atoms with Crippen molar-refractivity contribution >= 4 is 32.2 Å². The van der Waals surface area contributed by atoms with Gasteiger partial charge in [0.1, 0.15) is 5.75 Å². The van der Waals surface area contributed by atoms with Crippen molar-refractivity contribution in [1.29, 1.82) is 0 Å². The zero-order valence-corrected chi connectivity index (χ0v) is 19.1. The van der Waals surface area contributed by atoms with Gasteiger partial charge in [0.2, 0.25) is 0 Å². The molecule has 0 saturated carbocycles. The van der Waals surface area contributed by atoms with Crippen LogP contribution in [0.25, 0.3) is 0 Å². The Bertz CT molecular complexity index is 987. The number of sulfone groups is 1. The third-order valence-corrected chi connectivity index (χ3v) is 7.07. The number of anilines is 1. The van der Waals surface area contributed by atoms with E-state index in [2.05, 4.69) is 16.8 Å². The largest absolute Gasteiger partial charge is 0.490 e. The molecular formula is C20H27N3O4S2. The van der Waals surface area contributed by atoms with Gasteiger partial charge in [-0.3, -0.25) is 4.79 Å². The number of aryl methyl sites for hydroxylation is 2. The van der Waals surface area contributed by atoms with Crippen LogP contribution < -0.4 is 9.64 Å². The van der Waals surface area contributed by atoms with Crippen LogP contribution in [0.4, 0.5) is 5.13 Å².